The van der Waals surface area contributed by atoms with Crippen molar-refractivity contribution in [2.24, 2.45) is 0 Å². The highest BCUT2D eigenvalue weighted by atomic mass is 16.6. The summed E-state index contributed by atoms with van der Waals surface area (Å²) in [5, 5.41) is 0. The van der Waals surface area contributed by atoms with E-state index in [-0.39, 0.29) is 0 Å². The number of hydrogen-bond donors (Lipinski definition) is 2. The van der Waals surface area contributed by atoms with E-state index in [0.29, 0.717) is 0 Å². The lowest BCUT2D eigenvalue weighted by Crippen LogP contribution is -2.13. The summed E-state index contributed by atoms with van der Waals surface area (Å²) in [5.74, 6) is 0.880. The molecule has 0 spiro atoms. The van der Waals surface area contributed by atoms with Crippen LogP contribution in [-0.2, 0) is 0 Å². The Morgan fingerprint density at radius 2 is 1.79 bits per heavy atom. The van der Waals surface area contributed by atoms with Crippen LogP contribution in [0.25, 0.3) is 17.1 Å². The summed E-state index contributed by atoms with van der Waals surface area (Å²) in [6.45, 7) is 0. The fourth-order valence-corrected chi connectivity index (χ4v) is 1.81. The monoisotopic (exact) mass is 251 g/mol. The molecule has 3 aromatic rings. The molecule has 0 unspecified atom stereocenters. The van der Waals surface area contributed by atoms with Crippen LogP contribution in [0.3, 0.4) is 0 Å². The highest BCUT2D eigenvalue weighted by Crippen LogP contribution is 2.20. The number of H-pyrrole nitrogens is 1. The number of imidazole rings is 1. The SMILES string of the molecule is C1=Cc2ccccc2ON1.c1ccc2[nH]cnc2c1. The Hall–Kier alpha value is -2.75. The summed E-state index contributed by atoms with van der Waals surface area (Å²) in [4.78, 5) is 12.2. The van der Waals surface area contributed by atoms with Crippen LogP contribution in [0.5, 0.6) is 5.75 Å². The minimum absolute atomic E-state index is 0.880. The van der Waals surface area contributed by atoms with Crippen LogP contribution >= 0.6 is 0 Å². The summed E-state index contributed by atoms with van der Waals surface area (Å²) in [7, 11) is 0. The fourth-order valence-electron chi connectivity index (χ4n) is 1.81. The van der Waals surface area contributed by atoms with Crippen LogP contribution in [0.4, 0.5) is 0 Å². The van der Waals surface area contributed by atoms with Gasteiger partial charge in [-0.3, -0.25) is 0 Å². The molecular weight excluding hydrogens is 238 g/mol. The number of fused-ring (bicyclic) bond motifs is 2. The molecule has 94 valence electrons. The lowest BCUT2D eigenvalue weighted by molar-refractivity contribution is 0.239. The van der Waals surface area contributed by atoms with Gasteiger partial charge in [-0.1, -0.05) is 30.3 Å². The molecule has 1 aliphatic heterocycles. The molecule has 2 aromatic carbocycles. The number of nitrogens with one attached hydrogen (secondary N) is 2. The molecule has 0 aliphatic carbocycles. The molecule has 0 saturated carbocycles. The first-order valence-electron chi connectivity index (χ1n) is 5.99. The summed E-state index contributed by atoms with van der Waals surface area (Å²) in [6, 6.07) is 15.8. The van der Waals surface area contributed by atoms with E-state index in [4.69, 9.17) is 4.84 Å². The zero-order valence-corrected chi connectivity index (χ0v) is 10.2. The average Bonchev–Trinajstić information content (AvgIpc) is 2.96. The Labute approximate surface area is 110 Å². The number of para-hydroxylation sites is 3. The van der Waals surface area contributed by atoms with Crippen molar-refractivity contribution in [3.05, 3.63) is 66.6 Å². The lowest BCUT2D eigenvalue weighted by atomic mass is 10.2. The summed E-state index contributed by atoms with van der Waals surface area (Å²) < 4.78 is 0. The smallest absolute Gasteiger partial charge is 0.162 e. The van der Waals surface area contributed by atoms with Gasteiger partial charge in [0.15, 0.2) is 5.75 Å². The van der Waals surface area contributed by atoms with Crippen molar-refractivity contribution in [1.82, 2.24) is 15.4 Å². The van der Waals surface area contributed by atoms with Crippen molar-refractivity contribution in [3.63, 3.8) is 0 Å². The molecular formula is C15H13N3O. The number of rotatable bonds is 0. The number of hydrogen-bond acceptors (Lipinski definition) is 3. The molecule has 1 aromatic heterocycles. The maximum absolute atomic E-state index is 5.09. The first kappa shape index (κ1) is 11.3. The molecule has 0 fully saturated rings. The van der Waals surface area contributed by atoms with Gasteiger partial charge in [-0.15, -0.1) is 0 Å². The lowest BCUT2D eigenvalue weighted by Gasteiger charge is -2.11. The summed E-state index contributed by atoms with van der Waals surface area (Å²) in [5.41, 5.74) is 5.89. The van der Waals surface area contributed by atoms with Gasteiger partial charge >= 0.3 is 0 Å². The van der Waals surface area contributed by atoms with Crippen molar-refractivity contribution in [2.75, 3.05) is 0 Å². The van der Waals surface area contributed by atoms with Crippen LogP contribution in [0.1, 0.15) is 5.56 Å². The number of aromatic amines is 1. The molecule has 0 atom stereocenters. The van der Waals surface area contributed by atoms with Crippen LogP contribution < -0.4 is 10.3 Å². The normalized spacial score (nSPS) is 11.8. The third kappa shape index (κ3) is 2.57. The van der Waals surface area contributed by atoms with Gasteiger partial charge in [-0.05, 0) is 24.3 Å². The molecule has 4 heteroatoms. The van der Waals surface area contributed by atoms with Crippen LogP contribution in [0.15, 0.2) is 61.1 Å². The highest BCUT2D eigenvalue weighted by molar-refractivity contribution is 5.73. The predicted octanol–water partition coefficient (Wildman–Crippen LogP) is 3.12. The van der Waals surface area contributed by atoms with Gasteiger partial charge < -0.3 is 9.82 Å². The van der Waals surface area contributed by atoms with E-state index in [1.54, 1.807) is 12.5 Å². The van der Waals surface area contributed by atoms with Gasteiger partial charge in [0.05, 0.1) is 17.4 Å². The Morgan fingerprint density at radius 1 is 0.947 bits per heavy atom. The van der Waals surface area contributed by atoms with Crippen LogP contribution in [0.2, 0.25) is 0 Å². The van der Waals surface area contributed by atoms with Gasteiger partial charge in [0.2, 0.25) is 0 Å². The van der Waals surface area contributed by atoms with Crippen molar-refractivity contribution in [3.8, 4) is 5.75 Å². The van der Waals surface area contributed by atoms with Crippen molar-refractivity contribution >= 4 is 17.1 Å². The topological polar surface area (TPSA) is 49.9 Å². The zero-order valence-electron chi connectivity index (χ0n) is 10.2. The summed E-state index contributed by atoms with van der Waals surface area (Å²) >= 11 is 0. The molecule has 0 bridgehead atoms. The molecule has 0 amide bonds. The van der Waals surface area contributed by atoms with E-state index in [1.807, 2.05) is 54.6 Å². The second kappa shape index (κ2) is 5.27. The quantitative estimate of drug-likeness (QED) is 0.645. The zero-order chi connectivity index (χ0) is 12.9. The standard InChI is InChI=1S/C8H7NO.C7H6N2/c1-2-4-8-7(3-1)5-6-9-10-8;1-2-4-7-6(3-1)8-5-9-7/h1-6,9H;1-5H,(H,8,9). The van der Waals surface area contributed by atoms with Gasteiger partial charge in [0.25, 0.3) is 0 Å². The number of aromatic nitrogens is 2. The number of benzene rings is 2. The van der Waals surface area contributed by atoms with E-state index in [2.05, 4.69) is 15.4 Å². The Kier molecular flexibility index (Phi) is 3.14. The molecule has 4 nitrogen and oxygen atoms in total. The molecule has 0 saturated heterocycles. The Bertz CT molecular complexity index is 673. The van der Waals surface area contributed by atoms with E-state index >= 15 is 0 Å². The van der Waals surface area contributed by atoms with E-state index < -0.39 is 0 Å². The Morgan fingerprint density at radius 3 is 2.68 bits per heavy atom. The highest BCUT2D eigenvalue weighted by Gasteiger charge is 2.01. The third-order valence-electron chi connectivity index (χ3n) is 2.75. The predicted molar refractivity (Wildman–Crippen MR) is 75.3 cm³/mol. The molecule has 2 N–H and O–H groups in total. The first-order valence-corrected chi connectivity index (χ1v) is 5.99. The average molecular weight is 251 g/mol. The molecule has 4 rings (SSSR count). The number of hydroxylamine groups is 1. The fraction of sp³-hybridized carbons (Fsp3) is 0. The van der Waals surface area contributed by atoms with Crippen molar-refractivity contribution < 1.29 is 4.84 Å². The van der Waals surface area contributed by atoms with Crippen LogP contribution in [0, 0.1) is 0 Å². The van der Waals surface area contributed by atoms with E-state index in [0.717, 1.165) is 22.3 Å². The van der Waals surface area contributed by atoms with Gasteiger partial charge in [0, 0.05) is 11.8 Å². The largest absolute Gasteiger partial charge is 0.382 e. The molecule has 0 radical (unpaired) electrons. The minimum atomic E-state index is 0.880. The van der Waals surface area contributed by atoms with Crippen molar-refractivity contribution in [1.29, 1.82) is 0 Å². The first-order chi connectivity index (χ1) is 9.43. The van der Waals surface area contributed by atoms with Gasteiger partial charge in [-0.2, -0.15) is 0 Å². The minimum Gasteiger partial charge on any atom is -0.382 e. The second-order valence-electron chi connectivity index (χ2n) is 4.01. The summed E-state index contributed by atoms with van der Waals surface area (Å²) in [6.07, 6.45) is 5.44. The number of nitrogens with zero attached hydrogens (tertiary/aromatic N) is 1. The Balaban J connectivity index is 0.000000117. The van der Waals surface area contributed by atoms with Crippen LogP contribution in [-0.4, -0.2) is 9.97 Å². The molecule has 2 heterocycles. The van der Waals surface area contributed by atoms with E-state index in [9.17, 15) is 0 Å². The van der Waals surface area contributed by atoms with Gasteiger partial charge in [-0.25, -0.2) is 10.5 Å². The maximum atomic E-state index is 5.09. The van der Waals surface area contributed by atoms with E-state index in [1.165, 1.54) is 0 Å². The third-order valence-corrected chi connectivity index (χ3v) is 2.75. The van der Waals surface area contributed by atoms with Gasteiger partial charge in [0.1, 0.15) is 0 Å². The maximum Gasteiger partial charge on any atom is 0.162 e. The molecule has 1 aliphatic rings. The van der Waals surface area contributed by atoms with Crippen molar-refractivity contribution in [2.45, 2.75) is 0 Å². The second-order valence-corrected chi connectivity index (χ2v) is 4.01. The molecule has 19 heavy (non-hydrogen) atoms.